The van der Waals surface area contributed by atoms with E-state index in [0.29, 0.717) is 5.75 Å². The van der Waals surface area contributed by atoms with Crippen LogP contribution in [0.3, 0.4) is 0 Å². The molecule has 0 radical (unpaired) electrons. The Labute approximate surface area is 121 Å². The monoisotopic (exact) mass is 269 g/mol. The van der Waals surface area contributed by atoms with Gasteiger partial charge < -0.3 is 5.11 Å². The van der Waals surface area contributed by atoms with Gasteiger partial charge in [-0.1, -0.05) is 43.7 Å². The predicted molar refractivity (Wildman–Crippen MR) is 83.9 cm³/mol. The van der Waals surface area contributed by atoms with Crippen molar-refractivity contribution in [2.45, 2.75) is 32.7 Å². The minimum absolute atomic E-state index is 0.433. The number of benzene rings is 2. The minimum Gasteiger partial charge on any atom is -0.508 e. The molecule has 1 N–H and O–H groups in total. The number of fused-ring (bicyclic) bond motifs is 1. The van der Waals surface area contributed by atoms with Crippen LogP contribution in [0.25, 0.3) is 10.8 Å². The molecule has 106 valence electrons. The summed E-state index contributed by atoms with van der Waals surface area (Å²) < 4.78 is 0. The van der Waals surface area contributed by atoms with Crippen molar-refractivity contribution in [3.8, 4) is 5.75 Å². The van der Waals surface area contributed by atoms with E-state index in [9.17, 15) is 5.11 Å². The SMILES string of the molecule is CCCC1CCN(Cc2c(O)ccc3ccccc23)C1. The average Bonchev–Trinajstić information content (AvgIpc) is 2.90. The van der Waals surface area contributed by atoms with E-state index in [4.69, 9.17) is 0 Å². The van der Waals surface area contributed by atoms with Crippen LogP contribution in [-0.2, 0) is 6.54 Å². The fraction of sp³-hybridized carbons (Fsp3) is 0.444. The fourth-order valence-corrected chi connectivity index (χ4v) is 3.41. The largest absolute Gasteiger partial charge is 0.508 e. The zero-order chi connectivity index (χ0) is 13.9. The second kappa shape index (κ2) is 5.84. The molecule has 2 heteroatoms. The zero-order valence-electron chi connectivity index (χ0n) is 12.2. The normalized spacial score (nSPS) is 19.8. The van der Waals surface area contributed by atoms with E-state index in [1.54, 1.807) is 0 Å². The number of phenolic OH excluding ortho intramolecular Hbond substituents is 1. The molecular formula is C18H23NO. The van der Waals surface area contributed by atoms with Crippen molar-refractivity contribution in [1.82, 2.24) is 4.90 Å². The van der Waals surface area contributed by atoms with Gasteiger partial charge in [0.15, 0.2) is 0 Å². The van der Waals surface area contributed by atoms with E-state index >= 15 is 0 Å². The van der Waals surface area contributed by atoms with Crippen LogP contribution in [0, 0.1) is 5.92 Å². The van der Waals surface area contributed by atoms with Gasteiger partial charge in [-0.05, 0) is 42.1 Å². The van der Waals surface area contributed by atoms with Gasteiger partial charge in [0, 0.05) is 18.7 Å². The van der Waals surface area contributed by atoms with Crippen molar-refractivity contribution in [2.75, 3.05) is 13.1 Å². The van der Waals surface area contributed by atoms with Gasteiger partial charge in [0.2, 0.25) is 0 Å². The van der Waals surface area contributed by atoms with Crippen molar-refractivity contribution < 1.29 is 5.11 Å². The van der Waals surface area contributed by atoms with Crippen LogP contribution in [0.5, 0.6) is 5.75 Å². The molecule has 1 heterocycles. The highest BCUT2D eigenvalue weighted by atomic mass is 16.3. The Morgan fingerprint density at radius 1 is 1.20 bits per heavy atom. The zero-order valence-corrected chi connectivity index (χ0v) is 12.2. The minimum atomic E-state index is 0.433. The summed E-state index contributed by atoms with van der Waals surface area (Å²) in [6.07, 6.45) is 3.91. The lowest BCUT2D eigenvalue weighted by molar-refractivity contribution is 0.308. The summed E-state index contributed by atoms with van der Waals surface area (Å²) in [5, 5.41) is 12.6. The molecule has 2 nitrogen and oxygen atoms in total. The second-order valence-corrected chi connectivity index (χ2v) is 5.96. The highest BCUT2D eigenvalue weighted by molar-refractivity contribution is 5.87. The van der Waals surface area contributed by atoms with Crippen LogP contribution in [-0.4, -0.2) is 23.1 Å². The first-order valence-electron chi connectivity index (χ1n) is 7.70. The Kier molecular flexibility index (Phi) is 3.93. The first kappa shape index (κ1) is 13.4. The van der Waals surface area contributed by atoms with Gasteiger partial charge in [0.1, 0.15) is 5.75 Å². The molecule has 0 spiro atoms. The Morgan fingerprint density at radius 2 is 2.05 bits per heavy atom. The average molecular weight is 269 g/mol. The molecule has 1 aliphatic rings. The molecule has 2 aromatic rings. The number of hydrogen-bond donors (Lipinski definition) is 1. The molecule has 20 heavy (non-hydrogen) atoms. The van der Waals surface area contributed by atoms with Gasteiger partial charge in [-0.15, -0.1) is 0 Å². The molecule has 2 aromatic carbocycles. The number of nitrogens with zero attached hydrogens (tertiary/aromatic N) is 1. The van der Waals surface area contributed by atoms with E-state index < -0.39 is 0 Å². The number of hydrogen-bond acceptors (Lipinski definition) is 2. The van der Waals surface area contributed by atoms with Crippen molar-refractivity contribution in [2.24, 2.45) is 5.92 Å². The fourth-order valence-electron chi connectivity index (χ4n) is 3.41. The van der Waals surface area contributed by atoms with E-state index in [1.807, 2.05) is 12.1 Å². The van der Waals surface area contributed by atoms with Gasteiger partial charge in [0.25, 0.3) is 0 Å². The molecule has 3 rings (SSSR count). The van der Waals surface area contributed by atoms with Crippen LogP contribution < -0.4 is 0 Å². The quantitative estimate of drug-likeness (QED) is 0.900. The first-order chi connectivity index (χ1) is 9.78. The van der Waals surface area contributed by atoms with Crippen molar-refractivity contribution >= 4 is 10.8 Å². The van der Waals surface area contributed by atoms with Crippen LogP contribution in [0.1, 0.15) is 31.7 Å². The van der Waals surface area contributed by atoms with E-state index in [1.165, 1.54) is 36.6 Å². The Hall–Kier alpha value is -1.54. The molecule has 1 aliphatic heterocycles. The summed E-state index contributed by atoms with van der Waals surface area (Å²) in [5.41, 5.74) is 1.08. The van der Waals surface area contributed by atoms with Crippen LogP contribution in [0.4, 0.5) is 0 Å². The summed E-state index contributed by atoms with van der Waals surface area (Å²) in [4.78, 5) is 2.49. The number of likely N-dealkylation sites (tertiary alicyclic amines) is 1. The Bertz CT molecular complexity index is 593. The highest BCUT2D eigenvalue weighted by Crippen LogP contribution is 2.30. The topological polar surface area (TPSA) is 23.5 Å². The van der Waals surface area contributed by atoms with Crippen LogP contribution in [0.2, 0.25) is 0 Å². The van der Waals surface area contributed by atoms with Gasteiger partial charge in [-0.3, -0.25) is 4.90 Å². The third-order valence-corrected chi connectivity index (χ3v) is 4.46. The lowest BCUT2D eigenvalue weighted by Gasteiger charge is -2.18. The summed E-state index contributed by atoms with van der Waals surface area (Å²) >= 11 is 0. The maximum atomic E-state index is 10.2. The van der Waals surface area contributed by atoms with E-state index in [-0.39, 0.29) is 0 Å². The summed E-state index contributed by atoms with van der Waals surface area (Å²) in [6, 6.07) is 12.2. The third kappa shape index (κ3) is 2.66. The second-order valence-electron chi connectivity index (χ2n) is 5.96. The number of rotatable bonds is 4. The third-order valence-electron chi connectivity index (χ3n) is 4.46. The van der Waals surface area contributed by atoms with Gasteiger partial charge in [0.05, 0.1) is 0 Å². The van der Waals surface area contributed by atoms with Crippen molar-refractivity contribution in [3.05, 3.63) is 42.0 Å². The molecule has 0 aliphatic carbocycles. The molecule has 0 amide bonds. The predicted octanol–water partition coefficient (Wildman–Crippen LogP) is 4.17. The van der Waals surface area contributed by atoms with E-state index in [2.05, 4.69) is 36.1 Å². The maximum Gasteiger partial charge on any atom is 0.120 e. The molecule has 1 fully saturated rings. The molecule has 0 saturated carbocycles. The smallest absolute Gasteiger partial charge is 0.120 e. The van der Waals surface area contributed by atoms with Crippen molar-refractivity contribution in [1.29, 1.82) is 0 Å². The molecule has 1 atom stereocenters. The molecule has 0 bridgehead atoms. The Balaban J connectivity index is 1.82. The van der Waals surface area contributed by atoms with Gasteiger partial charge in [-0.25, -0.2) is 0 Å². The van der Waals surface area contributed by atoms with Gasteiger partial charge in [-0.2, -0.15) is 0 Å². The van der Waals surface area contributed by atoms with E-state index in [0.717, 1.165) is 24.6 Å². The lowest BCUT2D eigenvalue weighted by atomic mass is 10.0. The summed E-state index contributed by atoms with van der Waals surface area (Å²) in [5.74, 6) is 1.28. The van der Waals surface area contributed by atoms with Crippen molar-refractivity contribution in [3.63, 3.8) is 0 Å². The maximum absolute atomic E-state index is 10.2. The first-order valence-corrected chi connectivity index (χ1v) is 7.70. The standard InChI is InChI=1S/C18H23NO/c1-2-5-14-10-11-19(12-14)13-17-16-7-4-3-6-15(16)8-9-18(17)20/h3-4,6-9,14,20H,2,5,10-13H2,1H3. The summed E-state index contributed by atoms with van der Waals surface area (Å²) in [6.45, 7) is 5.47. The van der Waals surface area contributed by atoms with Gasteiger partial charge >= 0.3 is 0 Å². The highest BCUT2D eigenvalue weighted by Gasteiger charge is 2.22. The molecule has 1 unspecified atom stereocenters. The molecule has 0 aromatic heterocycles. The van der Waals surface area contributed by atoms with Crippen LogP contribution in [0.15, 0.2) is 36.4 Å². The molecule has 1 saturated heterocycles. The number of phenols is 1. The van der Waals surface area contributed by atoms with Crippen LogP contribution >= 0.6 is 0 Å². The molecular weight excluding hydrogens is 246 g/mol. The lowest BCUT2D eigenvalue weighted by Crippen LogP contribution is -2.20. The summed E-state index contributed by atoms with van der Waals surface area (Å²) in [7, 11) is 0. The number of aromatic hydroxyl groups is 1. The Morgan fingerprint density at radius 3 is 2.90 bits per heavy atom.